The second-order valence-electron chi connectivity index (χ2n) is 3.78. The molecule has 0 atom stereocenters. The van der Waals surface area contributed by atoms with E-state index in [1.807, 2.05) is 0 Å². The second kappa shape index (κ2) is 5.01. The molecule has 0 amide bonds. The van der Waals surface area contributed by atoms with E-state index >= 15 is 0 Å². The minimum atomic E-state index is -1.17. The fraction of sp³-hybridized carbons (Fsp3) is 0.231. The van der Waals surface area contributed by atoms with Gasteiger partial charge in [-0.15, -0.1) is 0 Å². The molecule has 2 rings (SSSR count). The SMILES string of the molecule is COc1ccc(-c2nc(C)oc2C(=O)O)c(OC)c1. The second-order valence-corrected chi connectivity index (χ2v) is 3.78. The van der Waals surface area contributed by atoms with Crippen molar-refractivity contribution in [2.75, 3.05) is 14.2 Å². The molecule has 1 N–H and O–H groups in total. The van der Waals surface area contributed by atoms with Crippen LogP contribution in [0.1, 0.15) is 16.4 Å². The number of nitrogens with zero attached hydrogens (tertiary/aromatic N) is 1. The number of rotatable bonds is 4. The summed E-state index contributed by atoms with van der Waals surface area (Å²) in [5.74, 6) is -0.0208. The maximum absolute atomic E-state index is 11.1. The molecule has 0 aliphatic rings. The number of benzene rings is 1. The van der Waals surface area contributed by atoms with E-state index in [4.69, 9.17) is 19.0 Å². The average Bonchev–Trinajstić information content (AvgIpc) is 2.80. The lowest BCUT2D eigenvalue weighted by Gasteiger charge is -2.08. The fourth-order valence-corrected chi connectivity index (χ4v) is 1.75. The summed E-state index contributed by atoms with van der Waals surface area (Å²) < 4.78 is 15.4. The summed E-state index contributed by atoms with van der Waals surface area (Å²) in [6.07, 6.45) is 0. The zero-order valence-corrected chi connectivity index (χ0v) is 10.8. The summed E-state index contributed by atoms with van der Waals surface area (Å²) >= 11 is 0. The van der Waals surface area contributed by atoms with Gasteiger partial charge in [0.2, 0.25) is 5.76 Å². The molecule has 0 spiro atoms. The van der Waals surface area contributed by atoms with Crippen LogP contribution < -0.4 is 9.47 Å². The highest BCUT2D eigenvalue weighted by Crippen LogP contribution is 2.34. The van der Waals surface area contributed by atoms with Gasteiger partial charge in [0.15, 0.2) is 5.89 Å². The minimum absolute atomic E-state index is 0.207. The normalized spacial score (nSPS) is 10.3. The Hall–Kier alpha value is -2.50. The zero-order chi connectivity index (χ0) is 14.0. The van der Waals surface area contributed by atoms with Crippen molar-refractivity contribution in [3.05, 3.63) is 29.9 Å². The first-order chi connectivity index (χ1) is 9.06. The highest BCUT2D eigenvalue weighted by atomic mass is 16.5. The molecule has 0 bridgehead atoms. The summed E-state index contributed by atoms with van der Waals surface area (Å²) in [7, 11) is 3.03. The largest absolute Gasteiger partial charge is 0.497 e. The molecule has 0 aliphatic heterocycles. The van der Waals surface area contributed by atoms with E-state index in [9.17, 15) is 4.79 Å². The molecule has 0 fully saturated rings. The Balaban J connectivity index is 2.61. The smallest absolute Gasteiger partial charge is 0.374 e. The Kier molecular flexibility index (Phi) is 3.41. The predicted octanol–water partition coefficient (Wildman–Crippen LogP) is 2.37. The van der Waals surface area contributed by atoms with Crippen molar-refractivity contribution in [3.8, 4) is 22.8 Å². The van der Waals surface area contributed by atoms with Crippen molar-refractivity contribution < 1.29 is 23.8 Å². The number of aromatic nitrogens is 1. The third kappa shape index (κ3) is 2.37. The summed E-state index contributed by atoms with van der Waals surface area (Å²) in [6, 6.07) is 5.04. The minimum Gasteiger partial charge on any atom is -0.497 e. The average molecular weight is 263 g/mol. The van der Waals surface area contributed by atoms with Crippen molar-refractivity contribution in [1.82, 2.24) is 4.98 Å². The van der Waals surface area contributed by atoms with Gasteiger partial charge in [-0.05, 0) is 12.1 Å². The first-order valence-electron chi connectivity index (χ1n) is 5.50. The van der Waals surface area contributed by atoms with Crippen LogP contribution in [-0.4, -0.2) is 30.3 Å². The van der Waals surface area contributed by atoms with Crippen LogP contribution in [0.2, 0.25) is 0 Å². The quantitative estimate of drug-likeness (QED) is 0.911. The number of carboxylic acid groups (broad SMARTS) is 1. The maximum Gasteiger partial charge on any atom is 0.374 e. The van der Waals surface area contributed by atoms with Crippen molar-refractivity contribution in [3.63, 3.8) is 0 Å². The van der Waals surface area contributed by atoms with Crippen molar-refractivity contribution in [2.45, 2.75) is 6.92 Å². The van der Waals surface area contributed by atoms with Crippen molar-refractivity contribution >= 4 is 5.97 Å². The van der Waals surface area contributed by atoms with E-state index in [2.05, 4.69) is 4.98 Å². The number of hydrogen-bond donors (Lipinski definition) is 1. The third-order valence-corrected chi connectivity index (χ3v) is 2.59. The van der Waals surface area contributed by atoms with Gasteiger partial charge in [-0.25, -0.2) is 9.78 Å². The highest BCUT2D eigenvalue weighted by Gasteiger charge is 2.22. The van der Waals surface area contributed by atoms with Gasteiger partial charge in [0, 0.05) is 18.6 Å². The van der Waals surface area contributed by atoms with Crippen LogP contribution in [0, 0.1) is 6.92 Å². The zero-order valence-electron chi connectivity index (χ0n) is 10.8. The molecule has 0 saturated carbocycles. The van der Waals surface area contributed by atoms with Crippen LogP contribution in [0.5, 0.6) is 11.5 Å². The third-order valence-electron chi connectivity index (χ3n) is 2.59. The molecular weight excluding hydrogens is 250 g/mol. The molecule has 2 aromatic rings. The van der Waals surface area contributed by atoms with E-state index in [1.165, 1.54) is 14.2 Å². The Morgan fingerprint density at radius 1 is 1.32 bits per heavy atom. The number of hydrogen-bond acceptors (Lipinski definition) is 5. The van der Waals surface area contributed by atoms with Gasteiger partial charge in [0.25, 0.3) is 0 Å². The number of methoxy groups -OCH3 is 2. The number of aromatic carboxylic acids is 1. The van der Waals surface area contributed by atoms with E-state index < -0.39 is 5.97 Å². The number of ether oxygens (including phenoxy) is 2. The first kappa shape index (κ1) is 12.9. The highest BCUT2D eigenvalue weighted by molar-refractivity contribution is 5.92. The molecular formula is C13H13NO5. The van der Waals surface area contributed by atoms with E-state index in [1.54, 1.807) is 25.1 Å². The molecule has 0 saturated heterocycles. The predicted molar refractivity (Wildman–Crippen MR) is 66.7 cm³/mol. The van der Waals surface area contributed by atoms with E-state index in [-0.39, 0.29) is 17.3 Å². The Bertz CT molecular complexity index is 617. The topological polar surface area (TPSA) is 81.8 Å². The molecule has 0 aliphatic carbocycles. The number of oxazole rings is 1. The summed E-state index contributed by atoms with van der Waals surface area (Å²) in [5, 5.41) is 9.11. The summed E-state index contributed by atoms with van der Waals surface area (Å²) in [6.45, 7) is 1.59. The lowest BCUT2D eigenvalue weighted by Crippen LogP contribution is -1.98. The molecule has 1 heterocycles. The number of carboxylic acids is 1. The lowest BCUT2D eigenvalue weighted by atomic mass is 10.1. The van der Waals surface area contributed by atoms with Crippen LogP contribution in [0.25, 0.3) is 11.3 Å². The molecule has 100 valence electrons. The van der Waals surface area contributed by atoms with Gasteiger partial charge in [-0.2, -0.15) is 0 Å². The Morgan fingerprint density at radius 3 is 2.63 bits per heavy atom. The van der Waals surface area contributed by atoms with E-state index in [0.29, 0.717) is 17.1 Å². The van der Waals surface area contributed by atoms with E-state index in [0.717, 1.165) is 0 Å². The molecule has 6 heteroatoms. The van der Waals surface area contributed by atoms with Gasteiger partial charge in [-0.3, -0.25) is 0 Å². The molecule has 19 heavy (non-hydrogen) atoms. The van der Waals surface area contributed by atoms with Crippen LogP contribution in [-0.2, 0) is 0 Å². The Labute approximate surface area is 109 Å². The van der Waals surface area contributed by atoms with Crippen LogP contribution in [0.15, 0.2) is 22.6 Å². The van der Waals surface area contributed by atoms with Gasteiger partial charge in [-0.1, -0.05) is 0 Å². The van der Waals surface area contributed by atoms with Gasteiger partial charge < -0.3 is 19.0 Å². The van der Waals surface area contributed by atoms with Gasteiger partial charge >= 0.3 is 5.97 Å². The number of aryl methyl sites for hydroxylation is 1. The van der Waals surface area contributed by atoms with Crippen LogP contribution in [0.4, 0.5) is 0 Å². The van der Waals surface area contributed by atoms with Crippen LogP contribution in [0.3, 0.4) is 0 Å². The molecule has 1 aromatic carbocycles. The van der Waals surface area contributed by atoms with Crippen LogP contribution >= 0.6 is 0 Å². The monoisotopic (exact) mass is 263 g/mol. The Morgan fingerprint density at radius 2 is 2.05 bits per heavy atom. The molecule has 6 nitrogen and oxygen atoms in total. The molecule has 0 unspecified atom stereocenters. The molecule has 0 radical (unpaired) electrons. The van der Waals surface area contributed by atoms with Crippen molar-refractivity contribution in [2.24, 2.45) is 0 Å². The van der Waals surface area contributed by atoms with Gasteiger partial charge in [0.1, 0.15) is 17.2 Å². The standard InChI is InChI=1S/C13H13NO5/c1-7-14-11(12(19-7)13(15)16)9-5-4-8(17-2)6-10(9)18-3/h4-6H,1-3H3,(H,15,16). The van der Waals surface area contributed by atoms with Crippen molar-refractivity contribution in [1.29, 1.82) is 0 Å². The number of carbonyl (C=O) groups is 1. The maximum atomic E-state index is 11.1. The molecule has 1 aromatic heterocycles. The summed E-state index contributed by atoms with van der Waals surface area (Å²) in [5.41, 5.74) is 0.780. The summed E-state index contributed by atoms with van der Waals surface area (Å²) in [4.78, 5) is 15.2. The lowest BCUT2D eigenvalue weighted by molar-refractivity contribution is 0.0662. The first-order valence-corrected chi connectivity index (χ1v) is 5.50. The fourth-order valence-electron chi connectivity index (χ4n) is 1.75. The van der Waals surface area contributed by atoms with Gasteiger partial charge in [0.05, 0.1) is 14.2 Å².